The fourth-order valence-corrected chi connectivity index (χ4v) is 4.07. The van der Waals surface area contributed by atoms with Crippen molar-refractivity contribution in [3.63, 3.8) is 0 Å². The normalized spacial score (nSPS) is 18.0. The third-order valence-electron chi connectivity index (χ3n) is 3.68. The molecule has 2 rings (SSSR count). The minimum absolute atomic E-state index is 0.159. The second kappa shape index (κ2) is 8.53. The molecular formula is C16H23N3O3S2. The smallest absolute Gasteiger partial charge is 0.263 e. The lowest BCUT2D eigenvalue weighted by atomic mass is 10.1. The van der Waals surface area contributed by atoms with Gasteiger partial charge in [0.1, 0.15) is 11.9 Å². The number of benzene rings is 1. The summed E-state index contributed by atoms with van der Waals surface area (Å²) in [6, 6.07) is 6.07. The number of nitrogens with one attached hydrogen (secondary N) is 2. The summed E-state index contributed by atoms with van der Waals surface area (Å²) in [5.74, 6) is 0.868. The SMILES string of the molecule is CCCCNC(=O)C(CCSC)N=C1NS(=O)(=O)c2ccccc21. The molecule has 0 spiro atoms. The molecule has 0 radical (unpaired) electrons. The fourth-order valence-electron chi connectivity index (χ4n) is 2.38. The third-order valence-corrected chi connectivity index (χ3v) is 5.72. The first-order valence-electron chi connectivity index (χ1n) is 7.96. The van der Waals surface area contributed by atoms with Crippen molar-refractivity contribution in [2.75, 3.05) is 18.6 Å². The molecule has 1 amide bonds. The second-order valence-electron chi connectivity index (χ2n) is 5.52. The first-order chi connectivity index (χ1) is 11.5. The van der Waals surface area contributed by atoms with Gasteiger partial charge >= 0.3 is 0 Å². The molecule has 6 nitrogen and oxygen atoms in total. The van der Waals surface area contributed by atoms with E-state index in [0.29, 0.717) is 18.5 Å². The van der Waals surface area contributed by atoms with E-state index in [1.807, 2.05) is 6.26 Å². The van der Waals surface area contributed by atoms with Crippen LogP contribution in [-0.2, 0) is 14.8 Å². The number of fused-ring (bicyclic) bond motifs is 1. The Morgan fingerprint density at radius 1 is 1.38 bits per heavy atom. The van der Waals surface area contributed by atoms with Crippen molar-refractivity contribution in [3.05, 3.63) is 29.8 Å². The number of amidine groups is 1. The lowest BCUT2D eigenvalue weighted by Crippen LogP contribution is -2.36. The molecule has 0 saturated heterocycles. The zero-order chi connectivity index (χ0) is 17.6. The minimum atomic E-state index is -3.59. The van der Waals surface area contributed by atoms with Gasteiger partial charge in [0.25, 0.3) is 10.0 Å². The van der Waals surface area contributed by atoms with Crippen LogP contribution in [0.2, 0.25) is 0 Å². The number of sulfonamides is 1. The van der Waals surface area contributed by atoms with E-state index in [9.17, 15) is 13.2 Å². The number of hydrogen-bond donors (Lipinski definition) is 2. The van der Waals surface area contributed by atoms with Crippen LogP contribution in [0.25, 0.3) is 0 Å². The third kappa shape index (κ3) is 4.51. The summed E-state index contributed by atoms with van der Waals surface area (Å²) in [6.07, 6.45) is 4.43. The summed E-state index contributed by atoms with van der Waals surface area (Å²) in [7, 11) is -3.59. The van der Waals surface area contributed by atoms with E-state index in [1.165, 1.54) is 0 Å². The van der Waals surface area contributed by atoms with Crippen LogP contribution in [-0.4, -0.2) is 44.8 Å². The summed E-state index contributed by atoms with van der Waals surface area (Å²) in [5, 5.41) is 2.88. The Bertz CT molecular complexity index is 717. The second-order valence-corrected chi connectivity index (χ2v) is 8.16. The van der Waals surface area contributed by atoms with Gasteiger partial charge in [0, 0.05) is 12.1 Å². The van der Waals surface area contributed by atoms with Gasteiger partial charge in [0.2, 0.25) is 5.91 Å². The number of aliphatic imine (C=N–C) groups is 1. The summed E-state index contributed by atoms with van der Waals surface area (Å²) in [5.41, 5.74) is 0.521. The molecule has 132 valence electrons. The molecule has 0 saturated carbocycles. The minimum Gasteiger partial charge on any atom is -0.354 e. The number of carbonyl (C=O) groups excluding carboxylic acids is 1. The van der Waals surface area contributed by atoms with Crippen molar-refractivity contribution in [1.29, 1.82) is 0 Å². The zero-order valence-corrected chi connectivity index (χ0v) is 15.5. The molecule has 0 fully saturated rings. The van der Waals surface area contributed by atoms with Crippen LogP contribution in [0.5, 0.6) is 0 Å². The molecule has 0 bridgehead atoms. The lowest BCUT2D eigenvalue weighted by molar-refractivity contribution is -0.122. The maximum absolute atomic E-state index is 12.4. The van der Waals surface area contributed by atoms with Crippen LogP contribution in [0.4, 0.5) is 0 Å². The van der Waals surface area contributed by atoms with E-state index in [2.05, 4.69) is 22.0 Å². The Hall–Kier alpha value is -1.54. The number of amides is 1. The quantitative estimate of drug-likeness (QED) is 0.684. The van der Waals surface area contributed by atoms with Gasteiger partial charge in [0.15, 0.2) is 0 Å². The van der Waals surface area contributed by atoms with Gasteiger partial charge in [-0.25, -0.2) is 8.42 Å². The molecule has 8 heteroatoms. The monoisotopic (exact) mass is 369 g/mol. The van der Waals surface area contributed by atoms with Crippen LogP contribution in [0.3, 0.4) is 0 Å². The lowest BCUT2D eigenvalue weighted by Gasteiger charge is -2.13. The van der Waals surface area contributed by atoms with E-state index in [-0.39, 0.29) is 16.6 Å². The highest BCUT2D eigenvalue weighted by Crippen LogP contribution is 2.23. The average molecular weight is 370 g/mol. The highest BCUT2D eigenvalue weighted by molar-refractivity contribution is 7.98. The van der Waals surface area contributed by atoms with Crippen molar-refractivity contribution < 1.29 is 13.2 Å². The van der Waals surface area contributed by atoms with Gasteiger partial charge in [-0.05, 0) is 37.0 Å². The van der Waals surface area contributed by atoms with Gasteiger partial charge in [-0.3, -0.25) is 14.5 Å². The Labute approximate surface area is 147 Å². The summed E-state index contributed by atoms with van der Waals surface area (Å²) < 4.78 is 26.7. The number of nitrogens with zero attached hydrogens (tertiary/aromatic N) is 1. The number of carbonyl (C=O) groups is 1. The summed E-state index contributed by atoms with van der Waals surface area (Å²) in [6.45, 7) is 2.67. The average Bonchev–Trinajstić information content (AvgIpc) is 2.82. The van der Waals surface area contributed by atoms with Crippen molar-refractivity contribution >= 4 is 33.5 Å². The highest BCUT2D eigenvalue weighted by Gasteiger charge is 2.31. The molecular weight excluding hydrogens is 346 g/mol. The first-order valence-corrected chi connectivity index (χ1v) is 10.8. The highest BCUT2D eigenvalue weighted by atomic mass is 32.2. The first kappa shape index (κ1) is 18.8. The largest absolute Gasteiger partial charge is 0.354 e. The maximum atomic E-state index is 12.4. The fraction of sp³-hybridized carbons (Fsp3) is 0.500. The van der Waals surface area contributed by atoms with Gasteiger partial charge < -0.3 is 5.32 Å². The van der Waals surface area contributed by atoms with E-state index in [0.717, 1.165) is 18.6 Å². The Balaban J connectivity index is 2.25. The van der Waals surface area contributed by atoms with Gasteiger partial charge in [-0.1, -0.05) is 25.5 Å². The van der Waals surface area contributed by atoms with Crippen LogP contribution < -0.4 is 10.0 Å². The van der Waals surface area contributed by atoms with Crippen molar-refractivity contribution in [3.8, 4) is 0 Å². The van der Waals surface area contributed by atoms with Gasteiger partial charge in [-0.2, -0.15) is 11.8 Å². The van der Waals surface area contributed by atoms with Crippen molar-refractivity contribution in [2.45, 2.75) is 37.1 Å². The maximum Gasteiger partial charge on any atom is 0.263 e. The molecule has 0 aromatic heterocycles. The van der Waals surface area contributed by atoms with E-state index >= 15 is 0 Å². The Morgan fingerprint density at radius 3 is 2.83 bits per heavy atom. The molecule has 1 atom stereocenters. The van der Waals surface area contributed by atoms with E-state index in [4.69, 9.17) is 0 Å². The summed E-state index contributed by atoms with van der Waals surface area (Å²) >= 11 is 1.63. The van der Waals surface area contributed by atoms with Gasteiger partial charge in [-0.15, -0.1) is 0 Å². The molecule has 1 aromatic carbocycles. The predicted octanol–water partition coefficient (Wildman–Crippen LogP) is 1.76. The number of rotatable bonds is 8. The van der Waals surface area contributed by atoms with Crippen LogP contribution in [0.1, 0.15) is 31.7 Å². The van der Waals surface area contributed by atoms with Crippen molar-refractivity contribution in [2.24, 2.45) is 4.99 Å². The van der Waals surface area contributed by atoms with Gasteiger partial charge in [0.05, 0.1) is 4.90 Å². The molecule has 1 aliphatic heterocycles. The standard InChI is InChI=1S/C16H23N3O3S2/c1-3-4-10-17-16(20)13(9-11-23-2)18-15-12-7-5-6-8-14(12)24(21,22)19-15/h5-8,13H,3-4,9-11H2,1-2H3,(H,17,20)(H,18,19). The molecule has 1 heterocycles. The molecule has 1 unspecified atom stereocenters. The predicted molar refractivity (Wildman–Crippen MR) is 98.0 cm³/mol. The Kier molecular flexibility index (Phi) is 6.68. The van der Waals surface area contributed by atoms with Crippen LogP contribution in [0, 0.1) is 0 Å². The van der Waals surface area contributed by atoms with Crippen molar-refractivity contribution in [1.82, 2.24) is 10.0 Å². The topological polar surface area (TPSA) is 87.6 Å². The summed E-state index contributed by atoms with van der Waals surface area (Å²) in [4.78, 5) is 17.0. The Morgan fingerprint density at radius 2 is 2.12 bits per heavy atom. The van der Waals surface area contributed by atoms with Crippen LogP contribution >= 0.6 is 11.8 Å². The molecule has 2 N–H and O–H groups in total. The van der Waals surface area contributed by atoms with E-state index < -0.39 is 16.1 Å². The number of unbranched alkanes of at least 4 members (excludes halogenated alkanes) is 1. The van der Waals surface area contributed by atoms with E-state index in [1.54, 1.807) is 36.0 Å². The molecule has 1 aromatic rings. The zero-order valence-electron chi connectivity index (χ0n) is 13.9. The molecule has 1 aliphatic rings. The number of thioether (sulfide) groups is 1. The molecule has 0 aliphatic carbocycles. The molecule has 24 heavy (non-hydrogen) atoms. The number of hydrogen-bond acceptors (Lipinski definition) is 5. The van der Waals surface area contributed by atoms with Crippen LogP contribution in [0.15, 0.2) is 34.2 Å².